The van der Waals surface area contributed by atoms with Crippen LogP contribution in [0.1, 0.15) is 108 Å². The van der Waals surface area contributed by atoms with Crippen molar-refractivity contribution in [2.75, 3.05) is 0 Å². The lowest BCUT2D eigenvalue weighted by Crippen LogP contribution is -1.86. The second kappa shape index (κ2) is 17.7. The number of unbranched alkanes of at least 4 members (excludes halogenated alkanes) is 15. The number of benzene rings is 1. The summed E-state index contributed by atoms with van der Waals surface area (Å²) in [6.45, 7) is 0. The highest BCUT2D eigenvalue weighted by Gasteiger charge is 1.95. The lowest BCUT2D eigenvalue weighted by Gasteiger charge is -2.04. The van der Waals surface area contributed by atoms with Gasteiger partial charge in [0, 0.05) is 6.42 Å². The molecule has 0 aliphatic rings. The highest BCUT2D eigenvalue weighted by molar-refractivity contribution is 5.50. The summed E-state index contributed by atoms with van der Waals surface area (Å²) in [7, 11) is 0. The molecule has 1 aromatic rings. The molecule has 1 radical (unpaired) electrons. The van der Waals surface area contributed by atoms with E-state index in [1.165, 1.54) is 102 Å². The third-order valence-electron chi connectivity index (χ3n) is 5.09. The molecule has 0 heterocycles. The molecular weight excluding hydrogens is 304 g/mol. The Morgan fingerprint density at radius 3 is 1.36 bits per heavy atom. The highest BCUT2D eigenvalue weighted by Crippen LogP contribution is 2.14. The number of hydrogen-bond donors (Lipinski definition) is 0. The Labute approximate surface area is 156 Å². The summed E-state index contributed by atoms with van der Waals surface area (Å²) < 4.78 is 0. The maximum atomic E-state index is 10.1. The molecule has 0 atom stereocenters. The quantitative estimate of drug-likeness (QED) is 0.251. The van der Waals surface area contributed by atoms with Crippen LogP contribution in [0.25, 0.3) is 0 Å². The minimum absolute atomic E-state index is 0.632. The van der Waals surface area contributed by atoms with Gasteiger partial charge in [-0.1, -0.05) is 114 Å². The minimum Gasteiger partial charge on any atom is -0.291 e. The fraction of sp³-hybridized carbons (Fsp3) is 0.708. The zero-order chi connectivity index (χ0) is 17.8. The fourth-order valence-corrected chi connectivity index (χ4v) is 3.47. The van der Waals surface area contributed by atoms with Gasteiger partial charge in [-0.2, -0.15) is 0 Å². The summed E-state index contributed by atoms with van der Waals surface area (Å²) in [4.78, 5) is 10.1. The van der Waals surface area contributed by atoms with Gasteiger partial charge in [-0.15, -0.1) is 0 Å². The molecule has 0 unspecified atom stereocenters. The molecule has 0 saturated heterocycles. The standard InChI is InChI=1S/C24H39O/c25-23-19-14-12-10-8-6-4-2-1-3-5-7-9-11-13-16-20-24-21-17-15-18-22-24/h15,17-18,21-22H,1-14,16,19-20H2. The van der Waals surface area contributed by atoms with Crippen molar-refractivity contribution in [3.8, 4) is 0 Å². The summed E-state index contributed by atoms with van der Waals surface area (Å²) in [5.74, 6) is 0. The predicted octanol–water partition coefficient (Wildman–Crippen LogP) is 7.58. The lowest BCUT2D eigenvalue weighted by atomic mass is 10.0. The first-order valence-corrected chi connectivity index (χ1v) is 10.8. The average Bonchev–Trinajstić information content (AvgIpc) is 2.65. The molecule has 0 saturated carbocycles. The molecule has 0 aliphatic carbocycles. The van der Waals surface area contributed by atoms with Crippen LogP contribution >= 0.6 is 0 Å². The van der Waals surface area contributed by atoms with Gasteiger partial charge in [-0.25, -0.2) is 0 Å². The van der Waals surface area contributed by atoms with Crippen LogP contribution in [0.15, 0.2) is 30.3 Å². The smallest absolute Gasteiger partial charge is 0.198 e. The van der Waals surface area contributed by atoms with Crippen molar-refractivity contribution in [2.24, 2.45) is 0 Å². The van der Waals surface area contributed by atoms with Gasteiger partial charge in [0.25, 0.3) is 0 Å². The first kappa shape index (κ1) is 21.9. The van der Waals surface area contributed by atoms with E-state index in [0.717, 1.165) is 6.42 Å². The molecule has 25 heavy (non-hydrogen) atoms. The molecule has 0 fully saturated rings. The molecule has 0 N–H and O–H groups in total. The van der Waals surface area contributed by atoms with E-state index < -0.39 is 0 Å². The van der Waals surface area contributed by atoms with Gasteiger partial charge in [-0.3, -0.25) is 4.79 Å². The van der Waals surface area contributed by atoms with E-state index in [2.05, 4.69) is 30.3 Å². The maximum absolute atomic E-state index is 10.1. The van der Waals surface area contributed by atoms with Crippen LogP contribution in [0.2, 0.25) is 0 Å². The highest BCUT2D eigenvalue weighted by atomic mass is 16.1. The third-order valence-corrected chi connectivity index (χ3v) is 5.09. The Balaban J connectivity index is 1.70. The fourth-order valence-electron chi connectivity index (χ4n) is 3.47. The van der Waals surface area contributed by atoms with Crippen molar-refractivity contribution < 1.29 is 4.79 Å². The molecule has 1 heteroatoms. The predicted molar refractivity (Wildman–Crippen MR) is 110 cm³/mol. The number of hydrogen-bond acceptors (Lipinski definition) is 1. The lowest BCUT2D eigenvalue weighted by molar-refractivity contribution is 0.526. The SMILES string of the molecule is O=[C]CCCCCCCCCCCCCCCCCc1ccccc1. The molecule has 1 aromatic carbocycles. The van der Waals surface area contributed by atoms with Crippen molar-refractivity contribution in [1.82, 2.24) is 0 Å². The molecule has 0 bridgehead atoms. The number of rotatable bonds is 18. The molecule has 1 nitrogen and oxygen atoms in total. The van der Waals surface area contributed by atoms with Gasteiger partial charge >= 0.3 is 0 Å². The second-order valence-corrected chi connectivity index (χ2v) is 7.43. The van der Waals surface area contributed by atoms with E-state index >= 15 is 0 Å². The molecule has 141 valence electrons. The van der Waals surface area contributed by atoms with Crippen molar-refractivity contribution >= 4 is 6.29 Å². The Kier molecular flexibility index (Phi) is 15.5. The van der Waals surface area contributed by atoms with Crippen molar-refractivity contribution in [3.05, 3.63) is 35.9 Å². The van der Waals surface area contributed by atoms with E-state index in [9.17, 15) is 4.79 Å². The van der Waals surface area contributed by atoms with Crippen molar-refractivity contribution in [1.29, 1.82) is 0 Å². The average molecular weight is 344 g/mol. The first-order valence-electron chi connectivity index (χ1n) is 10.8. The first-order chi connectivity index (χ1) is 12.4. The van der Waals surface area contributed by atoms with Crippen LogP contribution in [-0.2, 0) is 11.2 Å². The van der Waals surface area contributed by atoms with E-state index in [1.54, 1.807) is 0 Å². The molecule has 0 aromatic heterocycles. The summed E-state index contributed by atoms with van der Waals surface area (Å²) in [5.41, 5.74) is 1.49. The van der Waals surface area contributed by atoms with E-state index in [4.69, 9.17) is 0 Å². The summed E-state index contributed by atoms with van der Waals surface area (Å²) in [6.07, 6.45) is 24.2. The topological polar surface area (TPSA) is 17.1 Å². The third kappa shape index (κ3) is 14.9. The Morgan fingerprint density at radius 1 is 0.520 bits per heavy atom. The summed E-state index contributed by atoms with van der Waals surface area (Å²) >= 11 is 0. The molecule has 1 rings (SSSR count). The molecule has 0 spiro atoms. The largest absolute Gasteiger partial charge is 0.291 e. The second-order valence-electron chi connectivity index (χ2n) is 7.43. The van der Waals surface area contributed by atoms with Gasteiger partial charge in [0.2, 0.25) is 0 Å². The van der Waals surface area contributed by atoms with Crippen LogP contribution in [0, 0.1) is 0 Å². The van der Waals surface area contributed by atoms with Gasteiger partial charge in [0.15, 0.2) is 6.29 Å². The van der Waals surface area contributed by atoms with E-state index in [-0.39, 0.29) is 0 Å². The maximum Gasteiger partial charge on any atom is 0.198 e. The van der Waals surface area contributed by atoms with Gasteiger partial charge in [-0.05, 0) is 24.8 Å². The number of aryl methyl sites for hydroxylation is 1. The zero-order valence-electron chi connectivity index (χ0n) is 16.3. The van der Waals surface area contributed by atoms with Gasteiger partial charge in [0.05, 0.1) is 0 Å². The molecule has 0 aliphatic heterocycles. The van der Waals surface area contributed by atoms with Crippen LogP contribution in [-0.4, -0.2) is 6.29 Å². The normalized spacial score (nSPS) is 10.9. The van der Waals surface area contributed by atoms with Crippen LogP contribution in [0.4, 0.5) is 0 Å². The molecule has 0 amide bonds. The Hall–Kier alpha value is -1.11. The molecular formula is C24H39O. The van der Waals surface area contributed by atoms with Crippen LogP contribution in [0.3, 0.4) is 0 Å². The summed E-state index contributed by atoms with van der Waals surface area (Å²) in [6, 6.07) is 10.9. The Morgan fingerprint density at radius 2 is 0.920 bits per heavy atom. The van der Waals surface area contributed by atoms with Gasteiger partial charge < -0.3 is 0 Å². The van der Waals surface area contributed by atoms with Crippen LogP contribution < -0.4 is 0 Å². The summed E-state index contributed by atoms with van der Waals surface area (Å²) in [5, 5.41) is 0. The van der Waals surface area contributed by atoms with Crippen molar-refractivity contribution in [2.45, 2.75) is 109 Å². The van der Waals surface area contributed by atoms with E-state index in [0.29, 0.717) is 6.42 Å². The monoisotopic (exact) mass is 343 g/mol. The van der Waals surface area contributed by atoms with Crippen molar-refractivity contribution in [3.63, 3.8) is 0 Å². The Bertz CT molecular complexity index is 384. The minimum atomic E-state index is 0.632. The van der Waals surface area contributed by atoms with E-state index in [1.807, 2.05) is 6.29 Å². The van der Waals surface area contributed by atoms with Gasteiger partial charge in [0.1, 0.15) is 0 Å². The zero-order valence-corrected chi connectivity index (χ0v) is 16.3. The van der Waals surface area contributed by atoms with Crippen LogP contribution in [0.5, 0.6) is 0 Å². The number of carbonyl (C=O) groups excluding carboxylic acids is 1.